The van der Waals surface area contributed by atoms with Gasteiger partial charge in [0.25, 0.3) is 9.05 Å². The molecule has 1 rings (SSSR count). The summed E-state index contributed by atoms with van der Waals surface area (Å²) in [6, 6.07) is 3.61. The Morgan fingerprint density at radius 2 is 2.00 bits per heavy atom. The van der Waals surface area contributed by atoms with E-state index in [1.54, 1.807) is 0 Å². The van der Waals surface area contributed by atoms with Crippen molar-refractivity contribution in [2.75, 3.05) is 21.0 Å². The van der Waals surface area contributed by atoms with E-state index in [9.17, 15) is 13.2 Å². The molecule has 0 amide bonds. The standard InChI is InChI=1S/C10H11ClO6S/c1-15-6-17-9-4-3-7(18(11,13)14)5-8(9)10(12)16-2/h3-5H,6H2,1-2H3. The molecule has 0 radical (unpaired) electrons. The zero-order valence-corrected chi connectivity index (χ0v) is 11.2. The molecular formula is C10H11ClO6S. The van der Waals surface area contributed by atoms with Gasteiger partial charge in [-0.1, -0.05) is 0 Å². The lowest BCUT2D eigenvalue weighted by molar-refractivity contribution is 0.0464. The van der Waals surface area contributed by atoms with Crippen molar-refractivity contribution in [3.8, 4) is 5.75 Å². The number of hydrogen-bond acceptors (Lipinski definition) is 6. The lowest BCUT2D eigenvalue weighted by Crippen LogP contribution is -2.08. The minimum atomic E-state index is -3.93. The predicted molar refractivity (Wildman–Crippen MR) is 63.3 cm³/mol. The van der Waals surface area contributed by atoms with E-state index >= 15 is 0 Å². The normalized spacial score (nSPS) is 11.1. The molecule has 18 heavy (non-hydrogen) atoms. The number of rotatable bonds is 5. The average Bonchev–Trinajstić information content (AvgIpc) is 2.34. The summed E-state index contributed by atoms with van der Waals surface area (Å²) in [4.78, 5) is 11.3. The third-order valence-corrected chi connectivity index (χ3v) is 3.32. The first-order valence-corrected chi connectivity index (χ1v) is 7.00. The number of carbonyl (C=O) groups is 1. The van der Waals surface area contributed by atoms with E-state index < -0.39 is 15.0 Å². The first kappa shape index (κ1) is 14.7. The van der Waals surface area contributed by atoms with Crippen LogP contribution in [-0.4, -0.2) is 35.4 Å². The summed E-state index contributed by atoms with van der Waals surface area (Å²) in [5.74, 6) is -0.587. The fourth-order valence-electron chi connectivity index (χ4n) is 1.18. The molecule has 0 saturated carbocycles. The first-order chi connectivity index (χ1) is 8.40. The lowest BCUT2D eigenvalue weighted by atomic mass is 10.2. The highest BCUT2D eigenvalue weighted by atomic mass is 35.7. The highest BCUT2D eigenvalue weighted by Gasteiger charge is 2.18. The Balaban J connectivity index is 3.25. The van der Waals surface area contributed by atoms with E-state index in [1.165, 1.54) is 26.4 Å². The van der Waals surface area contributed by atoms with Gasteiger partial charge in [-0.2, -0.15) is 0 Å². The highest BCUT2D eigenvalue weighted by Crippen LogP contribution is 2.25. The third kappa shape index (κ3) is 3.59. The monoisotopic (exact) mass is 294 g/mol. The maximum atomic E-state index is 11.5. The fourth-order valence-corrected chi connectivity index (χ4v) is 1.96. The van der Waals surface area contributed by atoms with E-state index in [1.807, 2.05) is 0 Å². The van der Waals surface area contributed by atoms with Crippen LogP contribution in [0.15, 0.2) is 23.1 Å². The zero-order valence-electron chi connectivity index (χ0n) is 9.67. The van der Waals surface area contributed by atoms with E-state index in [0.29, 0.717) is 0 Å². The summed E-state index contributed by atoms with van der Waals surface area (Å²) >= 11 is 0. The Bertz CT molecular complexity index is 539. The second-order valence-electron chi connectivity index (χ2n) is 3.14. The molecule has 0 heterocycles. The van der Waals surface area contributed by atoms with Crippen LogP contribution in [0.3, 0.4) is 0 Å². The van der Waals surface area contributed by atoms with Gasteiger partial charge in [0, 0.05) is 17.8 Å². The molecule has 1 aromatic rings. The number of carbonyl (C=O) groups excluding carboxylic acids is 1. The van der Waals surface area contributed by atoms with Crippen LogP contribution >= 0.6 is 10.7 Å². The molecule has 100 valence electrons. The summed E-state index contributed by atoms with van der Waals surface area (Å²) in [7, 11) is 3.85. The molecule has 0 saturated heterocycles. The van der Waals surface area contributed by atoms with Crippen molar-refractivity contribution in [2.24, 2.45) is 0 Å². The molecule has 0 spiro atoms. The van der Waals surface area contributed by atoms with Crippen LogP contribution in [0.1, 0.15) is 10.4 Å². The molecule has 0 aliphatic carbocycles. The quantitative estimate of drug-likeness (QED) is 0.464. The second-order valence-corrected chi connectivity index (χ2v) is 5.70. The van der Waals surface area contributed by atoms with Gasteiger partial charge in [0.15, 0.2) is 6.79 Å². The van der Waals surface area contributed by atoms with Gasteiger partial charge in [-0.25, -0.2) is 13.2 Å². The number of hydrogen-bond donors (Lipinski definition) is 0. The maximum Gasteiger partial charge on any atom is 0.341 e. The predicted octanol–water partition coefficient (Wildman–Crippen LogP) is 1.38. The van der Waals surface area contributed by atoms with Gasteiger partial charge < -0.3 is 14.2 Å². The highest BCUT2D eigenvalue weighted by molar-refractivity contribution is 8.13. The number of esters is 1. The van der Waals surface area contributed by atoms with E-state index in [2.05, 4.69) is 4.74 Å². The molecular weight excluding hydrogens is 284 g/mol. The Labute approximate surface area is 109 Å². The number of methoxy groups -OCH3 is 2. The van der Waals surface area contributed by atoms with E-state index in [0.717, 1.165) is 6.07 Å². The Hall–Kier alpha value is -1.31. The van der Waals surface area contributed by atoms with Crippen LogP contribution in [0.2, 0.25) is 0 Å². The molecule has 0 aliphatic rings. The van der Waals surface area contributed by atoms with E-state index in [4.69, 9.17) is 20.2 Å². The van der Waals surface area contributed by atoms with Gasteiger partial charge in [0.1, 0.15) is 11.3 Å². The summed E-state index contributed by atoms with van der Waals surface area (Å²) < 4.78 is 36.7. The molecule has 0 aromatic heterocycles. The smallest absolute Gasteiger partial charge is 0.341 e. The fraction of sp³-hybridized carbons (Fsp3) is 0.300. The number of ether oxygens (including phenoxy) is 3. The molecule has 0 N–H and O–H groups in total. The number of halogens is 1. The van der Waals surface area contributed by atoms with Gasteiger partial charge in [0.2, 0.25) is 0 Å². The Kier molecular flexibility index (Phi) is 4.94. The van der Waals surface area contributed by atoms with Crippen LogP contribution < -0.4 is 4.74 Å². The molecule has 0 bridgehead atoms. The minimum Gasteiger partial charge on any atom is -0.467 e. The lowest BCUT2D eigenvalue weighted by Gasteiger charge is -2.10. The topological polar surface area (TPSA) is 78.9 Å². The van der Waals surface area contributed by atoms with Crippen molar-refractivity contribution < 1.29 is 27.4 Å². The molecule has 0 unspecified atom stereocenters. The Morgan fingerprint density at radius 3 is 2.50 bits per heavy atom. The van der Waals surface area contributed by atoms with Crippen molar-refractivity contribution in [1.82, 2.24) is 0 Å². The van der Waals surface area contributed by atoms with Crippen LogP contribution in [-0.2, 0) is 18.5 Å². The zero-order chi connectivity index (χ0) is 13.8. The molecule has 0 fully saturated rings. The largest absolute Gasteiger partial charge is 0.467 e. The van der Waals surface area contributed by atoms with Crippen molar-refractivity contribution in [3.05, 3.63) is 23.8 Å². The van der Waals surface area contributed by atoms with Crippen molar-refractivity contribution in [1.29, 1.82) is 0 Å². The van der Waals surface area contributed by atoms with Gasteiger partial charge in [0.05, 0.1) is 12.0 Å². The van der Waals surface area contributed by atoms with Crippen LogP contribution in [0.4, 0.5) is 0 Å². The first-order valence-electron chi connectivity index (χ1n) is 4.69. The van der Waals surface area contributed by atoms with Crippen molar-refractivity contribution >= 4 is 25.7 Å². The van der Waals surface area contributed by atoms with Crippen LogP contribution in [0.5, 0.6) is 5.75 Å². The Morgan fingerprint density at radius 1 is 1.33 bits per heavy atom. The number of benzene rings is 1. The summed E-state index contributed by atoms with van der Waals surface area (Å²) in [6.07, 6.45) is 0. The van der Waals surface area contributed by atoms with Gasteiger partial charge in [-0.3, -0.25) is 0 Å². The van der Waals surface area contributed by atoms with Crippen LogP contribution in [0.25, 0.3) is 0 Å². The second kappa shape index (κ2) is 6.03. The molecule has 0 atom stereocenters. The van der Waals surface area contributed by atoms with Crippen LogP contribution in [0, 0.1) is 0 Å². The third-order valence-electron chi connectivity index (χ3n) is 1.97. The summed E-state index contributed by atoms with van der Waals surface area (Å²) in [5.41, 5.74) is -0.0451. The maximum absolute atomic E-state index is 11.5. The minimum absolute atomic E-state index is 0.0451. The van der Waals surface area contributed by atoms with E-state index in [-0.39, 0.29) is 23.0 Å². The van der Waals surface area contributed by atoms with Gasteiger partial charge in [-0.15, -0.1) is 0 Å². The molecule has 6 nitrogen and oxygen atoms in total. The summed E-state index contributed by atoms with van der Waals surface area (Å²) in [5, 5.41) is 0. The molecule has 1 aromatic carbocycles. The molecule has 8 heteroatoms. The van der Waals surface area contributed by atoms with Gasteiger partial charge >= 0.3 is 5.97 Å². The van der Waals surface area contributed by atoms with Gasteiger partial charge in [-0.05, 0) is 18.2 Å². The van der Waals surface area contributed by atoms with Crippen molar-refractivity contribution in [2.45, 2.75) is 4.90 Å². The van der Waals surface area contributed by atoms with Crippen molar-refractivity contribution in [3.63, 3.8) is 0 Å². The summed E-state index contributed by atoms with van der Waals surface area (Å²) in [6.45, 7) is -0.0863. The molecule has 0 aliphatic heterocycles. The SMILES string of the molecule is COCOc1ccc(S(=O)(=O)Cl)cc1C(=O)OC. The average molecular weight is 295 g/mol.